The molecule has 0 unspecified atom stereocenters. The highest BCUT2D eigenvalue weighted by atomic mass is 16.5. The van der Waals surface area contributed by atoms with Crippen LogP contribution in [0.1, 0.15) is 13.3 Å². The normalized spacial score (nSPS) is 9.93. The Morgan fingerprint density at radius 1 is 0.800 bits per heavy atom. The quantitative estimate of drug-likeness (QED) is 0.476. The van der Waals surface area contributed by atoms with Gasteiger partial charge in [-0.1, -0.05) is 0 Å². The molecule has 2 aromatic rings. The third-order valence-corrected chi connectivity index (χ3v) is 3.87. The van der Waals surface area contributed by atoms with Crippen LogP contribution in [0.5, 0.6) is 11.5 Å². The second kappa shape index (κ2) is 11.9. The van der Waals surface area contributed by atoms with Gasteiger partial charge in [-0.25, -0.2) is 4.79 Å². The van der Waals surface area contributed by atoms with E-state index in [0.717, 1.165) is 0 Å². The van der Waals surface area contributed by atoms with Crippen molar-refractivity contribution >= 4 is 29.2 Å². The van der Waals surface area contributed by atoms with Gasteiger partial charge >= 0.3 is 6.03 Å². The number of hydrogen-bond acceptors (Lipinski definition) is 5. The minimum absolute atomic E-state index is 0.0657. The molecule has 0 spiro atoms. The molecular formula is C21H26N4O5. The molecule has 9 nitrogen and oxygen atoms in total. The minimum Gasteiger partial charge on any atom is -0.497 e. The number of anilines is 2. The van der Waals surface area contributed by atoms with Crippen LogP contribution in [0.25, 0.3) is 0 Å². The fourth-order valence-corrected chi connectivity index (χ4v) is 2.39. The van der Waals surface area contributed by atoms with Crippen molar-refractivity contribution in [3.8, 4) is 11.5 Å². The van der Waals surface area contributed by atoms with Gasteiger partial charge in [-0.05, 0) is 55.5 Å². The van der Waals surface area contributed by atoms with E-state index in [-0.39, 0.29) is 31.4 Å². The summed E-state index contributed by atoms with van der Waals surface area (Å²) in [5, 5.41) is 10.7. The summed E-state index contributed by atoms with van der Waals surface area (Å²) in [5.41, 5.74) is 1.21. The first-order valence-electron chi connectivity index (χ1n) is 9.48. The van der Waals surface area contributed by atoms with Gasteiger partial charge < -0.3 is 30.7 Å². The summed E-state index contributed by atoms with van der Waals surface area (Å²) in [5.74, 6) is 0.782. The molecule has 0 aromatic heterocycles. The van der Waals surface area contributed by atoms with Crippen molar-refractivity contribution in [3.63, 3.8) is 0 Å². The molecule has 0 bridgehead atoms. The predicted octanol–water partition coefficient (Wildman–Crippen LogP) is 2.36. The molecule has 0 radical (unpaired) electrons. The Kier molecular flexibility index (Phi) is 8.98. The number of benzene rings is 2. The summed E-state index contributed by atoms with van der Waals surface area (Å²) in [7, 11) is 1.57. The van der Waals surface area contributed by atoms with Crippen LogP contribution in [0, 0.1) is 0 Å². The first-order chi connectivity index (χ1) is 14.5. The van der Waals surface area contributed by atoms with Crippen LogP contribution in [0.4, 0.5) is 16.2 Å². The molecule has 0 aliphatic carbocycles. The standard InChI is InChI=1S/C21H26N4O5/c1-3-22-20(27)14-30-18-10-6-15(7-11-18)24-19(26)12-13-23-21(28)25-16-4-8-17(29-2)9-5-16/h4-11H,3,12-14H2,1-2H3,(H,22,27)(H,24,26)(H2,23,25,28). The summed E-state index contributed by atoms with van der Waals surface area (Å²) in [6.07, 6.45) is 0.117. The van der Waals surface area contributed by atoms with Crippen LogP contribution in [-0.4, -0.2) is 44.7 Å². The molecule has 0 atom stereocenters. The minimum atomic E-state index is -0.401. The Morgan fingerprint density at radius 2 is 1.40 bits per heavy atom. The maximum Gasteiger partial charge on any atom is 0.319 e. The molecule has 2 rings (SSSR count). The predicted molar refractivity (Wildman–Crippen MR) is 114 cm³/mol. The van der Waals surface area contributed by atoms with Crippen molar-refractivity contribution in [1.29, 1.82) is 0 Å². The van der Waals surface area contributed by atoms with Crippen molar-refractivity contribution in [2.75, 3.05) is 37.4 Å². The van der Waals surface area contributed by atoms with Gasteiger partial charge in [-0.2, -0.15) is 0 Å². The molecule has 0 heterocycles. The van der Waals surface area contributed by atoms with Crippen LogP contribution in [0.2, 0.25) is 0 Å². The van der Waals surface area contributed by atoms with Gasteiger partial charge in [0, 0.05) is 30.9 Å². The van der Waals surface area contributed by atoms with Crippen molar-refractivity contribution < 1.29 is 23.9 Å². The smallest absolute Gasteiger partial charge is 0.319 e. The van der Waals surface area contributed by atoms with Crippen molar-refractivity contribution in [1.82, 2.24) is 10.6 Å². The maximum atomic E-state index is 12.0. The molecule has 4 N–H and O–H groups in total. The number of urea groups is 1. The molecule has 160 valence electrons. The Labute approximate surface area is 175 Å². The van der Waals surface area contributed by atoms with E-state index < -0.39 is 6.03 Å². The largest absolute Gasteiger partial charge is 0.497 e. The number of carbonyl (C=O) groups excluding carboxylic acids is 3. The second-order valence-corrected chi connectivity index (χ2v) is 6.17. The van der Waals surface area contributed by atoms with Gasteiger partial charge in [0.05, 0.1) is 7.11 Å². The Morgan fingerprint density at radius 3 is 2.00 bits per heavy atom. The number of rotatable bonds is 10. The van der Waals surface area contributed by atoms with Gasteiger partial charge in [0.2, 0.25) is 5.91 Å². The monoisotopic (exact) mass is 414 g/mol. The van der Waals surface area contributed by atoms with Gasteiger partial charge in [0.15, 0.2) is 6.61 Å². The third-order valence-electron chi connectivity index (χ3n) is 3.87. The zero-order chi connectivity index (χ0) is 21.8. The van der Waals surface area contributed by atoms with E-state index in [1.54, 1.807) is 55.6 Å². The molecule has 0 saturated heterocycles. The number of amides is 4. The average molecular weight is 414 g/mol. The van der Waals surface area contributed by atoms with E-state index in [0.29, 0.717) is 29.4 Å². The molecule has 2 aromatic carbocycles. The molecule has 0 aliphatic rings. The summed E-state index contributed by atoms with van der Waals surface area (Å²) in [6.45, 7) is 2.49. The lowest BCUT2D eigenvalue weighted by atomic mass is 10.3. The lowest BCUT2D eigenvalue weighted by Crippen LogP contribution is -2.31. The Hall–Kier alpha value is -3.75. The highest BCUT2D eigenvalue weighted by Gasteiger charge is 2.06. The number of carbonyl (C=O) groups is 3. The van der Waals surface area contributed by atoms with Crippen LogP contribution >= 0.6 is 0 Å². The van der Waals surface area contributed by atoms with Gasteiger partial charge in [-0.3, -0.25) is 9.59 Å². The first kappa shape index (κ1) is 22.5. The fraction of sp³-hybridized carbons (Fsp3) is 0.286. The van der Waals surface area contributed by atoms with Crippen LogP contribution in [0.15, 0.2) is 48.5 Å². The Balaban J connectivity index is 1.67. The third kappa shape index (κ3) is 8.09. The molecule has 0 saturated carbocycles. The van der Waals surface area contributed by atoms with Crippen molar-refractivity contribution in [2.24, 2.45) is 0 Å². The van der Waals surface area contributed by atoms with Gasteiger partial charge in [-0.15, -0.1) is 0 Å². The van der Waals surface area contributed by atoms with Gasteiger partial charge in [0.1, 0.15) is 11.5 Å². The lowest BCUT2D eigenvalue weighted by molar-refractivity contribution is -0.123. The zero-order valence-electron chi connectivity index (χ0n) is 17.0. The average Bonchev–Trinajstić information content (AvgIpc) is 2.74. The summed E-state index contributed by atoms with van der Waals surface area (Å²) in [6, 6.07) is 13.2. The number of likely N-dealkylation sites (N-methyl/N-ethyl adjacent to an activating group) is 1. The van der Waals surface area contributed by atoms with E-state index >= 15 is 0 Å². The molecule has 0 fully saturated rings. The van der Waals surface area contributed by atoms with Crippen molar-refractivity contribution in [3.05, 3.63) is 48.5 Å². The maximum absolute atomic E-state index is 12.0. The van der Waals surface area contributed by atoms with Crippen LogP contribution in [0.3, 0.4) is 0 Å². The van der Waals surface area contributed by atoms with Gasteiger partial charge in [0.25, 0.3) is 5.91 Å². The van der Waals surface area contributed by atoms with E-state index in [9.17, 15) is 14.4 Å². The van der Waals surface area contributed by atoms with E-state index in [4.69, 9.17) is 9.47 Å². The van der Waals surface area contributed by atoms with E-state index in [1.807, 2.05) is 6.92 Å². The topological polar surface area (TPSA) is 118 Å². The molecular weight excluding hydrogens is 388 g/mol. The SMILES string of the molecule is CCNC(=O)COc1ccc(NC(=O)CCNC(=O)Nc2ccc(OC)cc2)cc1. The van der Waals surface area contributed by atoms with E-state index in [1.165, 1.54) is 0 Å². The number of nitrogens with one attached hydrogen (secondary N) is 4. The highest BCUT2D eigenvalue weighted by Crippen LogP contribution is 2.16. The number of hydrogen-bond donors (Lipinski definition) is 4. The Bertz CT molecular complexity index is 837. The van der Waals surface area contributed by atoms with Crippen LogP contribution in [-0.2, 0) is 9.59 Å². The summed E-state index contributed by atoms with van der Waals surface area (Å²) < 4.78 is 10.4. The number of ether oxygens (including phenoxy) is 2. The van der Waals surface area contributed by atoms with Crippen LogP contribution < -0.4 is 30.7 Å². The highest BCUT2D eigenvalue weighted by molar-refractivity contribution is 5.92. The zero-order valence-corrected chi connectivity index (χ0v) is 17.0. The van der Waals surface area contributed by atoms with Crippen molar-refractivity contribution in [2.45, 2.75) is 13.3 Å². The molecule has 30 heavy (non-hydrogen) atoms. The summed E-state index contributed by atoms with van der Waals surface area (Å²) in [4.78, 5) is 35.3. The molecule has 4 amide bonds. The molecule has 9 heteroatoms. The lowest BCUT2D eigenvalue weighted by Gasteiger charge is -2.10. The van der Waals surface area contributed by atoms with E-state index in [2.05, 4.69) is 21.3 Å². The number of methoxy groups -OCH3 is 1. The fourth-order valence-electron chi connectivity index (χ4n) is 2.39. The molecule has 0 aliphatic heterocycles. The summed E-state index contributed by atoms with van der Waals surface area (Å²) >= 11 is 0. The second-order valence-electron chi connectivity index (χ2n) is 6.17. The first-order valence-corrected chi connectivity index (χ1v) is 9.48.